The van der Waals surface area contributed by atoms with Crippen LogP contribution in [0, 0.1) is 5.92 Å². The first-order valence-electron chi connectivity index (χ1n) is 7.38. The molecule has 4 heteroatoms. The predicted molar refractivity (Wildman–Crippen MR) is 80.2 cm³/mol. The van der Waals surface area contributed by atoms with E-state index in [-0.39, 0.29) is 5.91 Å². The highest BCUT2D eigenvalue weighted by Gasteiger charge is 2.20. The lowest BCUT2D eigenvalue weighted by Crippen LogP contribution is -2.41. The molecule has 1 aromatic carbocycles. The standard InChI is InChI=1S/C16H24N2O2/c1-3-18(12-13-5-4-10-17-11-13)16(19)14-6-8-15(20-2)9-7-14/h6-9,13,17H,3-5,10-12H2,1-2H3. The molecule has 4 nitrogen and oxygen atoms in total. The molecule has 0 aromatic heterocycles. The summed E-state index contributed by atoms with van der Waals surface area (Å²) in [5, 5.41) is 3.40. The molecule has 1 saturated heterocycles. The zero-order valence-electron chi connectivity index (χ0n) is 12.4. The molecule has 1 unspecified atom stereocenters. The molecule has 1 N–H and O–H groups in total. The van der Waals surface area contributed by atoms with Crippen LogP contribution in [0.1, 0.15) is 30.1 Å². The zero-order chi connectivity index (χ0) is 14.4. The summed E-state index contributed by atoms with van der Waals surface area (Å²) in [5.41, 5.74) is 0.733. The Labute approximate surface area is 121 Å². The molecule has 110 valence electrons. The minimum atomic E-state index is 0.112. The predicted octanol–water partition coefficient (Wildman–Crippen LogP) is 2.16. The fourth-order valence-electron chi connectivity index (χ4n) is 2.66. The van der Waals surface area contributed by atoms with Gasteiger partial charge in [0.15, 0.2) is 0 Å². The first-order valence-corrected chi connectivity index (χ1v) is 7.38. The van der Waals surface area contributed by atoms with Crippen molar-refractivity contribution in [2.24, 2.45) is 5.92 Å². The van der Waals surface area contributed by atoms with Gasteiger partial charge in [-0.3, -0.25) is 4.79 Å². The number of hydrogen-bond donors (Lipinski definition) is 1. The molecule has 1 aliphatic rings. The van der Waals surface area contributed by atoms with E-state index in [9.17, 15) is 4.79 Å². The molecule has 20 heavy (non-hydrogen) atoms. The normalized spacial score (nSPS) is 18.6. The molecular formula is C16H24N2O2. The van der Waals surface area contributed by atoms with E-state index in [2.05, 4.69) is 5.32 Å². The lowest BCUT2D eigenvalue weighted by molar-refractivity contribution is 0.0729. The quantitative estimate of drug-likeness (QED) is 0.896. The van der Waals surface area contributed by atoms with Crippen molar-refractivity contribution in [3.05, 3.63) is 29.8 Å². The van der Waals surface area contributed by atoms with Gasteiger partial charge in [0, 0.05) is 18.7 Å². The number of carbonyl (C=O) groups excluding carboxylic acids is 1. The maximum absolute atomic E-state index is 12.5. The van der Waals surface area contributed by atoms with E-state index in [4.69, 9.17) is 4.74 Å². The van der Waals surface area contributed by atoms with E-state index in [1.54, 1.807) is 7.11 Å². The van der Waals surface area contributed by atoms with Crippen LogP contribution in [0.2, 0.25) is 0 Å². The largest absolute Gasteiger partial charge is 0.497 e. The summed E-state index contributed by atoms with van der Waals surface area (Å²) in [7, 11) is 1.63. The Morgan fingerprint density at radius 1 is 1.40 bits per heavy atom. The summed E-state index contributed by atoms with van der Waals surface area (Å²) < 4.78 is 5.12. The van der Waals surface area contributed by atoms with Gasteiger partial charge in [0.2, 0.25) is 0 Å². The van der Waals surface area contributed by atoms with Crippen molar-refractivity contribution in [3.8, 4) is 5.75 Å². The van der Waals surface area contributed by atoms with Crippen molar-refractivity contribution >= 4 is 5.91 Å². The Hall–Kier alpha value is -1.55. The Kier molecular flexibility index (Phi) is 5.41. The summed E-state index contributed by atoms with van der Waals surface area (Å²) in [4.78, 5) is 14.5. The van der Waals surface area contributed by atoms with E-state index in [0.717, 1.165) is 37.5 Å². The van der Waals surface area contributed by atoms with E-state index in [0.29, 0.717) is 5.92 Å². The van der Waals surface area contributed by atoms with Crippen LogP contribution >= 0.6 is 0 Å². The maximum atomic E-state index is 12.5. The number of hydrogen-bond acceptors (Lipinski definition) is 3. The van der Waals surface area contributed by atoms with Crippen LogP contribution in [-0.4, -0.2) is 44.1 Å². The lowest BCUT2D eigenvalue weighted by Gasteiger charge is -2.29. The fourth-order valence-corrected chi connectivity index (χ4v) is 2.66. The number of nitrogens with one attached hydrogen (secondary N) is 1. The lowest BCUT2D eigenvalue weighted by atomic mass is 9.98. The fraction of sp³-hybridized carbons (Fsp3) is 0.562. The number of methoxy groups -OCH3 is 1. The van der Waals surface area contributed by atoms with E-state index < -0.39 is 0 Å². The number of ether oxygens (including phenoxy) is 1. The molecule has 1 amide bonds. The van der Waals surface area contributed by atoms with Crippen LogP contribution in [0.25, 0.3) is 0 Å². The molecule has 1 fully saturated rings. The highest BCUT2D eigenvalue weighted by molar-refractivity contribution is 5.94. The number of benzene rings is 1. The molecule has 1 heterocycles. The van der Waals surface area contributed by atoms with Gasteiger partial charge in [-0.25, -0.2) is 0 Å². The molecule has 1 aliphatic heterocycles. The Morgan fingerprint density at radius 3 is 2.70 bits per heavy atom. The van der Waals surface area contributed by atoms with Crippen LogP contribution in [0.15, 0.2) is 24.3 Å². The average Bonchev–Trinajstić information content (AvgIpc) is 2.53. The monoisotopic (exact) mass is 276 g/mol. The summed E-state index contributed by atoms with van der Waals surface area (Å²) in [6.45, 7) is 5.76. The van der Waals surface area contributed by atoms with Crippen LogP contribution in [-0.2, 0) is 0 Å². The highest BCUT2D eigenvalue weighted by Crippen LogP contribution is 2.16. The molecule has 2 rings (SSSR count). The SMILES string of the molecule is CCN(CC1CCCNC1)C(=O)c1ccc(OC)cc1. The molecule has 1 atom stereocenters. The van der Waals surface area contributed by atoms with Crippen molar-refractivity contribution < 1.29 is 9.53 Å². The Bertz CT molecular complexity index is 425. The smallest absolute Gasteiger partial charge is 0.253 e. The molecule has 0 aliphatic carbocycles. The molecule has 0 bridgehead atoms. The van der Waals surface area contributed by atoms with Gasteiger partial charge in [-0.2, -0.15) is 0 Å². The summed E-state index contributed by atoms with van der Waals surface area (Å²) in [5.74, 6) is 1.47. The molecular weight excluding hydrogens is 252 g/mol. The van der Waals surface area contributed by atoms with Gasteiger partial charge in [-0.05, 0) is 63.0 Å². The van der Waals surface area contributed by atoms with Gasteiger partial charge in [0.25, 0.3) is 5.91 Å². The first-order chi connectivity index (χ1) is 9.74. The third-order valence-corrected chi connectivity index (χ3v) is 3.88. The summed E-state index contributed by atoms with van der Waals surface area (Å²) in [6, 6.07) is 7.35. The van der Waals surface area contributed by atoms with Gasteiger partial charge in [-0.15, -0.1) is 0 Å². The molecule has 0 radical (unpaired) electrons. The Balaban J connectivity index is 1.99. The second-order valence-corrected chi connectivity index (χ2v) is 5.28. The van der Waals surface area contributed by atoms with E-state index >= 15 is 0 Å². The van der Waals surface area contributed by atoms with E-state index in [1.165, 1.54) is 12.8 Å². The van der Waals surface area contributed by atoms with Crippen molar-refractivity contribution in [1.82, 2.24) is 10.2 Å². The number of carbonyl (C=O) groups is 1. The van der Waals surface area contributed by atoms with Crippen molar-refractivity contribution in [3.63, 3.8) is 0 Å². The second-order valence-electron chi connectivity index (χ2n) is 5.28. The highest BCUT2D eigenvalue weighted by atomic mass is 16.5. The minimum absolute atomic E-state index is 0.112. The van der Waals surface area contributed by atoms with Gasteiger partial charge in [0.1, 0.15) is 5.75 Å². The summed E-state index contributed by atoms with van der Waals surface area (Å²) in [6.07, 6.45) is 2.42. The number of rotatable bonds is 5. The molecule has 0 saturated carbocycles. The number of nitrogens with zero attached hydrogens (tertiary/aromatic N) is 1. The Morgan fingerprint density at radius 2 is 2.15 bits per heavy atom. The molecule has 0 spiro atoms. The second kappa shape index (κ2) is 7.29. The number of piperidine rings is 1. The van der Waals surface area contributed by atoms with E-state index in [1.807, 2.05) is 36.1 Å². The van der Waals surface area contributed by atoms with Gasteiger partial charge < -0.3 is 15.0 Å². The average molecular weight is 276 g/mol. The van der Waals surface area contributed by atoms with Gasteiger partial charge in [0.05, 0.1) is 7.11 Å². The van der Waals surface area contributed by atoms with Crippen molar-refractivity contribution in [2.75, 3.05) is 33.3 Å². The summed E-state index contributed by atoms with van der Waals surface area (Å²) >= 11 is 0. The van der Waals surface area contributed by atoms with Crippen molar-refractivity contribution in [1.29, 1.82) is 0 Å². The van der Waals surface area contributed by atoms with Crippen LogP contribution < -0.4 is 10.1 Å². The third-order valence-electron chi connectivity index (χ3n) is 3.88. The van der Waals surface area contributed by atoms with Crippen LogP contribution in [0.5, 0.6) is 5.75 Å². The van der Waals surface area contributed by atoms with Crippen LogP contribution in [0.4, 0.5) is 0 Å². The number of amides is 1. The van der Waals surface area contributed by atoms with Gasteiger partial charge in [-0.1, -0.05) is 0 Å². The maximum Gasteiger partial charge on any atom is 0.253 e. The third kappa shape index (κ3) is 3.73. The molecule has 1 aromatic rings. The van der Waals surface area contributed by atoms with Crippen LogP contribution in [0.3, 0.4) is 0 Å². The van der Waals surface area contributed by atoms with Crippen molar-refractivity contribution in [2.45, 2.75) is 19.8 Å². The minimum Gasteiger partial charge on any atom is -0.497 e. The zero-order valence-corrected chi connectivity index (χ0v) is 12.4. The van der Waals surface area contributed by atoms with Gasteiger partial charge >= 0.3 is 0 Å². The first kappa shape index (κ1) is 14.9. The topological polar surface area (TPSA) is 41.6 Å².